The van der Waals surface area contributed by atoms with Crippen molar-refractivity contribution in [3.8, 4) is 0 Å². The lowest BCUT2D eigenvalue weighted by Crippen LogP contribution is -2.41. The molecular formula is C31H23ClN4O7. The van der Waals surface area contributed by atoms with E-state index in [0.29, 0.717) is 11.2 Å². The molecule has 12 heteroatoms. The van der Waals surface area contributed by atoms with Crippen LogP contribution in [0.1, 0.15) is 37.3 Å². The Kier molecular flexibility index (Phi) is 8.07. The third-order valence-corrected chi connectivity index (χ3v) is 7.04. The van der Waals surface area contributed by atoms with Gasteiger partial charge in [0, 0.05) is 0 Å². The van der Waals surface area contributed by atoms with Crippen molar-refractivity contribution in [1.82, 2.24) is 19.5 Å². The molecule has 3 heterocycles. The summed E-state index contributed by atoms with van der Waals surface area (Å²) in [6.07, 6.45) is -1.90. The summed E-state index contributed by atoms with van der Waals surface area (Å²) in [5.41, 5.74) is 1.45. The third kappa shape index (κ3) is 5.94. The molecule has 0 radical (unpaired) electrons. The molecule has 4 atom stereocenters. The van der Waals surface area contributed by atoms with E-state index < -0.39 is 42.4 Å². The minimum absolute atomic E-state index is 0.111. The molecule has 0 aliphatic carbocycles. The lowest BCUT2D eigenvalue weighted by atomic mass is 10.1. The molecule has 1 unspecified atom stereocenters. The Labute approximate surface area is 250 Å². The van der Waals surface area contributed by atoms with Crippen LogP contribution in [0.15, 0.2) is 104 Å². The summed E-state index contributed by atoms with van der Waals surface area (Å²) in [5.74, 6) is -1.97. The van der Waals surface area contributed by atoms with Gasteiger partial charge >= 0.3 is 17.9 Å². The quantitative estimate of drug-likeness (QED) is 0.141. The van der Waals surface area contributed by atoms with Gasteiger partial charge in [0.2, 0.25) is 0 Å². The molecule has 0 bridgehead atoms. The lowest BCUT2D eigenvalue weighted by Gasteiger charge is -2.25. The van der Waals surface area contributed by atoms with Crippen LogP contribution in [0, 0.1) is 0 Å². The van der Waals surface area contributed by atoms with Crippen LogP contribution >= 0.6 is 11.6 Å². The first-order valence-electron chi connectivity index (χ1n) is 13.2. The van der Waals surface area contributed by atoms with Crippen molar-refractivity contribution < 1.29 is 33.3 Å². The highest BCUT2D eigenvalue weighted by Crippen LogP contribution is 2.37. The van der Waals surface area contributed by atoms with E-state index >= 15 is 0 Å². The van der Waals surface area contributed by atoms with Gasteiger partial charge in [0.05, 0.1) is 23.0 Å². The lowest BCUT2D eigenvalue weighted by molar-refractivity contribution is -0.0606. The Bertz CT molecular complexity index is 1750. The zero-order chi connectivity index (χ0) is 29.8. The number of ether oxygens (including phenoxy) is 4. The minimum Gasteiger partial charge on any atom is -0.459 e. The topological polar surface area (TPSA) is 132 Å². The van der Waals surface area contributed by atoms with Gasteiger partial charge in [-0.25, -0.2) is 29.3 Å². The van der Waals surface area contributed by atoms with Crippen molar-refractivity contribution in [3.63, 3.8) is 0 Å². The van der Waals surface area contributed by atoms with Crippen molar-refractivity contribution >= 4 is 40.7 Å². The second-order valence-electron chi connectivity index (χ2n) is 9.49. The number of hydrogen-bond acceptors (Lipinski definition) is 10. The molecule has 0 N–H and O–H groups in total. The maximum atomic E-state index is 13.3. The number of hydrogen-bond donors (Lipinski definition) is 0. The molecule has 0 saturated carbocycles. The maximum absolute atomic E-state index is 13.3. The number of benzene rings is 3. The SMILES string of the molecule is O=C(OC[C@H]1OC(n2cnc3c(Cl)ncnc32)[C@H](OC(=O)c2ccccc2)[C@@H]1OC(=O)c1ccccc1)c1ccccc1. The molecule has 43 heavy (non-hydrogen) atoms. The number of esters is 3. The third-order valence-electron chi connectivity index (χ3n) is 6.77. The van der Waals surface area contributed by atoms with Crippen LogP contribution in [0.5, 0.6) is 0 Å². The number of aromatic nitrogens is 4. The van der Waals surface area contributed by atoms with Crippen LogP contribution in [-0.4, -0.2) is 62.3 Å². The van der Waals surface area contributed by atoms with Gasteiger partial charge in [0.15, 0.2) is 29.2 Å². The summed E-state index contributed by atoms with van der Waals surface area (Å²) >= 11 is 6.23. The summed E-state index contributed by atoms with van der Waals surface area (Å²) in [7, 11) is 0. The fraction of sp³-hybridized carbons (Fsp3) is 0.161. The molecule has 0 spiro atoms. The first-order valence-corrected chi connectivity index (χ1v) is 13.6. The normalized spacial score (nSPS) is 19.6. The van der Waals surface area contributed by atoms with Crippen molar-refractivity contribution in [2.24, 2.45) is 0 Å². The van der Waals surface area contributed by atoms with Gasteiger partial charge < -0.3 is 18.9 Å². The van der Waals surface area contributed by atoms with Crippen molar-refractivity contribution in [3.05, 3.63) is 125 Å². The van der Waals surface area contributed by atoms with E-state index in [-0.39, 0.29) is 28.4 Å². The molecule has 0 amide bonds. The zero-order valence-corrected chi connectivity index (χ0v) is 23.1. The first-order chi connectivity index (χ1) is 21.0. The van der Waals surface area contributed by atoms with Crippen LogP contribution < -0.4 is 0 Å². The number of imidazole rings is 1. The molecule has 6 rings (SSSR count). The van der Waals surface area contributed by atoms with E-state index in [4.69, 9.17) is 30.5 Å². The molecule has 3 aromatic carbocycles. The molecule has 216 valence electrons. The average Bonchev–Trinajstić information content (AvgIpc) is 3.63. The van der Waals surface area contributed by atoms with E-state index in [1.807, 2.05) is 0 Å². The van der Waals surface area contributed by atoms with Gasteiger partial charge in [0.25, 0.3) is 0 Å². The van der Waals surface area contributed by atoms with Crippen LogP contribution in [0.25, 0.3) is 11.2 Å². The number of rotatable bonds is 8. The van der Waals surface area contributed by atoms with E-state index in [2.05, 4.69) is 15.0 Å². The Morgan fingerprint density at radius 2 is 1.26 bits per heavy atom. The molecular weight excluding hydrogens is 576 g/mol. The van der Waals surface area contributed by atoms with E-state index in [0.717, 1.165) is 0 Å². The maximum Gasteiger partial charge on any atom is 0.338 e. The Morgan fingerprint density at radius 1 is 0.721 bits per heavy atom. The van der Waals surface area contributed by atoms with E-state index in [1.165, 1.54) is 17.2 Å². The Morgan fingerprint density at radius 3 is 1.84 bits per heavy atom. The second-order valence-corrected chi connectivity index (χ2v) is 9.85. The zero-order valence-electron chi connectivity index (χ0n) is 22.4. The van der Waals surface area contributed by atoms with Crippen molar-refractivity contribution in [2.75, 3.05) is 6.61 Å². The summed E-state index contributed by atoms with van der Waals surface area (Å²) in [6, 6.07) is 25.1. The summed E-state index contributed by atoms with van der Waals surface area (Å²) in [6.45, 7) is -0.321. The van der Waals surface area contributed by atoms with E-state index in [9.17, 15) is 14.4 Å². The predicted octanol–water partition coefficient (Wildman–Crippen LogP) is 4.69. The van der Waals surface area contributed by atoms with Crippen LogP contribution in [-0.2, 0) is 18.9 Å². The van der Waals surface area contributed by atoms with Gasteiger partial charge in [-0.05, 0) is 36.4 Å². The van der Waals surface area contributed by atoms with Gasteiger partial charge in [0.1, 0.15) is 24.6 Å². The largest absolute Gasteiger partial charge is 0.459 e. The Hall–Kier alpha value is -5.13. The molecule has 1 aliphatic heterocycles. The first kappa shape index (κ1) is 28.0. The minimum atomic E-state index is -1.22. The molecule has 1 saturated heterocycles. The van der Waals surface area contributed by atoms with Crippen LogP contribution in [0.3, 0.4) is 0 Å². The Balaban J connectivity index is 1.37. The van der Waals surface area contributed by atoms with Gasteiger partial charge in [-0.3, -0.25) is 4.57 Å². The van der Waals surface area contributed by atoms with Crippen molar-refractivity contribution in [2.45, 2.75) is 24.5 Å². The highest BCUT2D eigenvalue weighted by atomic mass is 35.5. The summed E-state index contributed by atoms with van der Waals surface area (Å²) < 4.78 is 25.3. The number of carbonyl (C=O) groups is 3. The molecule has 1 fully saturated rings. The summed E-state index contributed by atoms with van der Waals surface area (Å²) in [4.78, 5) is 51.9. The smallest absolute Gasteiger partial charge is 0.338 e. The van der Waals surface area contributed by atoms with Crippen LogP contribution in [0.4, 0.5) is 0 Å². The fourth-order valence-corrected chi connectivity index (χ4v) is 4.87. The molecule has 1 aliphatic rings. The predicted molar refractivity (Wildman–Crippen MR) is 152 cm³/mol. The molecule has 5 aromatic rings. The second kappa shape index (κ2) is 12.4. The monoisotopic (exact) mass is 598 g/mol. The number of halogens is 1. The molecule has 2 aromatic heterocycles. The van der Waals surface area contributed by atoms with Gasteiger partial charge in [-0.15, -0.1) is 0 Å². The van der Waals surface area contributed by atoms with Gasteiger partial charge in [-0.2, -0.15) is 0 Å². The summed E-state index contributed by atoms with van der Waals surface area (Å²) in [5, 5.41) is 0.111. The standard InChI is InChI=1S/C31H23ClN4O7/c32-26-23-27(34-17-33-26)36(18-35-23)28-25(43-31(39)21-14-8-3-9-15-21)24(42-30(38)20-12-6-2-7-13-20)22(41-28)16-40-29(37)19-10-4-1-5-11-19/h1-15,17-18,22,24-25,28H,16H2/t22-,24-,25-,28?/m1/s1. The number of nitrogens with zero attached hydrogens (tertiary/aromatic N) is 4. The fourth-order valence-electron chi connectivity index (χ4n) is 4.69. The van der Waals surface area contributed by atoms with Gasteiger partial charge in [-0.1, -0.05) is 66.2 Å². The van der Waals surface area contributed by atoms with Crippen molar-refractivity contribution in [1.29, 1.82) is 0 Å². The number of carbonyl (C=O) groups excluding carboxylic acids is 3. The van der Waals surface area contributed by atoms with Crippen LogP contribution in [0.2, 0.25) is 5.15 Å². The highest BCUT2D eigenvalue weighted by Gasteiger charge is 2.51. The average molecular weight is 599 g/mol. The number of fused-ring (bicyclic) bond motifs is 1. The van der Waals surface area contributed by atoms with E-state index in [1.54, 1.807) is 91.0 Å². The molecule has 11 nitrogen and oxygen atoms in total. The highest BCUT2D eigenvalue weighted by molar-refractivity contribution is 6.33.